The average Bonchev–Trinajstić information content (AvgIpc) is 3.47. The van der Waals surface area contributed by atoms with Gasteiger partial charge in [0.05, 0.1) is 0 Å². The Morgan fingerprint density at radius 2 is 1.14 bits per heavy atom. The second-order valence-electron chi connectivity index (χ2n) is 11.4. The first kappa shape index (κ1) is 25.6. The van der Waals surface area contributed by atoms with Gasteiger partial charge in [-0.05, 0) is 0 Å². The van der Waals surface area contributed by atoms with E-state index in [1.165, 1.54) is 50.1 Å². The second-order valence-corrected chi connectivity index (χ2v) is 53.9. The Morgan fingerprint density at radius 3 is 1.70 bits per heavy atom. The van der Waals surface area contributed by atoms with Gasteiger partial charge in [0.2, 0.25) is 0 Å². The van der Waals surface area contributed by atoms with Crippen molar-refractivity contribution in [3.63, 3.8) is 0 Å². The molecule has 0 aliphatic heterocycles. The molecule has 0 heterocycles. The normalized spacial score (nSPS) is 17.8. The van der Waals surface area contributed by atoms with Crippen LogP contribution in [0.3, 0.4) is 0 Å². The molecule has 1 atom stereocenters. The third kappa shape index (κ3) is 3.70. The van der Waals surface area contributed by atoms with E-state index >= 15 is 0 Å². The summed E-state index contributed by atoms with van der Waals surface area (Å²) in [6, 6.07) is 35.3. The maximum atomic E-state index is 8.46. The van der Waals surface area contributed by atoms with Gasteiger partial charge in [-0.2, -0.15) is 0 Å². The summed E-state index contributed by atoms with van der Waals surface area (Å²) in [4.78, 5) is 0. The fraction of sp³-hybridized carbons (Fsp3) is 0.212. The summed E-state index contributed by atoms with van der Waals surface area (Å²) in [5.74, 6) is -1.20. The van der Waals surface area contributed by atoms with E-state index in [1.807, 2.05) is 0 Å². The predicted molar refractivity (Wildman–Crippen MR) is 162 cm³/mol. The fourth-order valence-electron chi connectivity index (χ4n) is 6.99. The van der Waals surface area contributed by atoms with E-state index < -0.39 is 21.5 Å². The zero-order chi connectivity index (χ0) is 26.0. The molecule has 2 aliphatic carbocycles. The van der Waals surface area contributed by atoms with Crippen LogP contribution < -0.4 is 0 Å². The number of fused-ring (bicyclic) bond motifs is 4. The van der Waals surface area contributed by atoms with Crippen molar-refractivity contribution in [2.75, 3.05) is 0 Å². The van der Waals surface area contributed by atoms with Gasteiger partial charge in [-0.3, -0.25) is 0 Å². The van der Waals surface area contributed by atoms with Crippen molar-refractivity contribution >= 4 is 29.0 Å². The van der Waals surface area contributed by atoms with E-state index in [4.69, 9.17) is 17.0 Å². The quantitative estimate of drug-likeness (QED) is 0.195. The summed E-state index contributed by atoms with van der Waals surface area (Å²) in [5, 5.41) is 0. The molecule has 0 saturated carbocycles. The first-order chi connectivity index (χ1) is 17.7. The molecule has 0 radical (unpaired) electrons. The number of rotatable bonds is 5. The van der Waals surface area contributed by atoms with Crippen molar-refractivity contribution in [3.8, 4) is 22.3 Å². The maximum absolute atomic E-state index is 8.46. The van der Waals surface area contributed by atoms with Crippen LogP contribution in [0.4, 0.5) is 0 Å². The first-order valence-electron chi connectivity index (χ1n) is 13.4. The molecule has 0 nitrogen and oxygen atoms in total. The summed E-state index contributed by atoms with van der Waals surface area (Å²) in [6.45, 7) is 9.47. The third-order valence-corrected chi connectivity index (χ3v) is 60.5. The molecule has 187 valence electrons. The van der Waals surface area contributed by atoms with Gasteiger partial charge in [0, 0.05) is 0 Å². The molecule has 0 saturated heterocycles. The zero-order valence-corrected chi connectivity index (χ0v) is 27.0. The molecule has 0 N–H and O–H groups in total. The van der Waals surface area contributed by atoms with Crippen molar-refractivity contribution in [2.24, 2.45) is 5.92 Å². The van der Waals surface area contributed by atoms with Crippen molar-refractivity contribution < 1.29 is 15.6 Å². The fourth-order valence-corrected chi connectivity index (χ4v) is 37.8. The van der Waals surface area contributed by atoms with Crippen LogP contribution in [-0.4, -0.2) is 5.92 Å². The van der Waals surface area contributed by atoms with E-state index in [9.17, 15) is 0 Å². The van der Waals surface area contributed by atoms with Crippen LogP contribution in [0.5, 0.6) is 0 Å². The zero-order valence-electron chi connectivity index (χ0n) is 21.9. The number of benzene rings is 4. The molecule has 4 aromatic rings. The number of halogens is 2. The van der Waals surface area contributed by atoms with Gasteiger partial charge in [-0.25, -0.2) is 0 Å². The van der Waals surface area contributed by atoms with Crippen LogP contribution in [0.2, 0.25) is 13.1 Å². The minimum absolute atomic E-state index is 0.0994. The third-order valence-electron chi connectivity index (χ3n) is 8.89. The Kier molecular flexibility index (Phi) is 6.36. The second kappa shape index (κ2) is 9.20. The van der Waals surface area contributed by atoms with Crippen molar-refractivity contribution in [2.45, 2.75) is 34.2 Å². The topological polar surface area (TPSA) is 0 Å². The van der Waals surface area contributed by atoms with Gasteiger partial charge in [-0.1, -0.05) is 0 Å². The van der Waals surface area contributed by atoms with E-state index in [0.29, 0.717) is 5.92 Å². The number of hydrogen-bond acceptors (Lipinski definition) is 0. The monoisotopic (exact) mass is 617 g/mol. The van der Waals surface area contributed by atoms with Crippen molar-refractivity contribution in [3.05, 3.63) is 125 Å². The van der Waals surface area contributed by atoms with Crippen LogP contribution in [0, 0.1) is 5.92 Å². The van der Waals surface area contributed by atoms with Crippen molar-refractivity contribution in [1.82, 2.24) is 0 Å². The molecule has 4 aromatic carbocycles. The molecule has 4 heteroatoms. The van der Waals surface area contributed by atoms with Crippen LogP contribution in [-0.2, 0) is 15.6 Å². The van der Waals surface area contributed by atoms with Gasteiger partial charge in [0.25, 0.3) is 0 Å². The van der Waals surface area contributed by atoms with E-state index in [0.717, 1.165) is 0 Å². The van der Waals surface area contributed by atoms with Crippen molar-refractivity contribution in [1.29, 1.82) is 0 Å². The molecule has 0 bridgehead atoms. The van der Waals surface area contributed by atoms with Crippen LogP contribution >= 0.6 is 17.0 Å². The van der Waals surface area contributed by atoms with E-state index in [-0.39, 0.29) is 7.25 Å². The van der Waals surface area contributed by atoms with Crippen LogP contribution in [0.25, 0.3) is 28.3 Å². The predicted octanol–water partition coefficient (Wildman–Crippen LogP) is 10.2. The Labute approximate surface area is 230 Å². The Morgan fingerprint density at radius 1 is 0.622 bits per heavy atom. The number of hydrogen-bond donors (Lipinski definition) is 0. The standard InChI is InChI=1S/C18H17.C13H9.C2H7Si.2ClH.Zr/c1-13(2)16-11-15-9-6-10-17(18(15)12-16)14-7-4-3-5-8-14;1-3-7-12-10(5-1)9-11-6-2-4-8-13(11)12;1-3-2;;;/h3-13H,1-2H3;1-9H;3H,1-2H3;2*1H;/q;;;;;+2/p-2. The van der Waals surface area contributed by atoms with Gasteiger partial charge in [-0.15, -0.1) is 0 Å². The molecule has 0 spiro atoms. The molecule has 0 aromatic heterocycles. The SMILES string of the molecule is CC(C)C1=Cc2c(-c3ccccc3)cccc2[CH]1[Zr]([Cl])([Cl])([CH]1c2ccccc2-c2ccccc21)[SiH](C)C. The average molecular weight is 620 g/mol. The minimum atomic E-state index is -4.72. The molecular weight excluding hydrogens is 587 g/mol. The van der Waals surface area contributed by atoms with Gasteiger partial charge >= 0.3 is 232 Å². The molecule has 37 heavy (non-hydrogen) atoms. The van der Waals surface area contributed by atoms with Crippen LogP contribution in [0.1, 0.15) is 43.4 Å². The molecule has 0 fully saturated rings. The van der Waals surface area contributed by atoms with E-state index in [2.05, 4.69) is 130 Å². The summed E-state index contributed by atoms with van der Waals surface area (Å²) in [6.07, 6.45) is 2.45. The Hall–Kier alpha value is -1.70. The molecule has 0 amide bonds. The number of allylic oxidation sites excluding steroid dienone is 1. The van der Waals surface area contributed by atoms with Gasteiger partial charge in [0.15, 0.2) is 0 Å². The molecule has 6 rings (SSSR count). The van der Waals surface area contributed by atoms with Crippen LogP contribution in [0.15, 0.2) is 103 Å². The van der Waals surface area contributed by atoms with E-state index in [1.54, 1.807) is 0 Å². The Bertz CT molecular complexity index is 1490. The summed E-state index contributed by atoms with van der Waals surface area (Å²) in [5.41, 5.74) is 11.9. The first-order valence-corrected chi connectivity index (χ1v) is 29.7. The molecule has 1 unspecified atom stereocenters. The Balaban J connectivity index is 1.66. The molecule has 2 aliphatic rings. The van der Waals surface area contributed by atoms with Gasteiger partial charge in [0.1, 0.15) is 0 Å². The summed E-state index contributed by atoms with van der Waals surface area (Å²) >= 11 is -4.72. The summed E-state index contributed by atoms with van der Waals surface area (Å²) in [7, 11) is 16.9. The summed E-state index contributed by atoms with van der Waals surface area (Å²) < 4.78 is 0.210. The molecular formula is C33H33Cl2SiZr. The van der Waals surface area contributed by atoms with Gasteiger partial charge < -0.3 is 0 Å².